The van der Waals surface area contributed by atoms with E-state index in [4.69, 9.17) is 5.73 Å². The molecule has 6 N–H and O–H groups in total. The van der Waals surface area contributed by atoms with Crippen molar-refractivity contribution in [1.82, 2.24) is 20.5 Å². The first-order valence-corrected chi connectivity index (χ1v) is 13.8. The van der Waals surface area contributed by atoms with E-state index in [2.05, 4.69) is 20.9 Å². The van der Waals surface area contributed by atoms with Crippen LogP contribution in [0.2, 0.25) is 0 Å². The van der Waals surface area contributed by atoms with Crippen LogP contribution in [0.15, 0.2) is 66.9 Å². The Hall–Kier alpha value is -2.99. The zero-order valence-electron chi connectivity index (χ0n) is 23.6. The summed E-state index contributed by atoms with van der Waals surface area (Å²) < 4.78 is 0. The largest absolute Gasteiger partial charge is 0.383 e. The van der Waals surface area contributed by atoms with Crippen LogP contribution in [0.1, 0.15) is 24.8 Å². The maximum Gasteiger partial charge on any atom is 0.249 e. The summed E-state index contributed by atoms with van der Waals surface area (Å²) in [6, 6.07) is 17.4. The molecule has 0 saturated carbocycles. The van der Waals surface area contributed by atoms with Crippen LogP contribution < -0.4 is 21.7 Å². The average molecular weight is 654 g/mol. The van der Waals surface area contributed by atoms with Gasteiger partial charge in [-0.15, -0.1) is 37.2 Å². The van der Waals surface area contributed by atoms with Crippen molar-refractivity contribution in [3.63, 3.8) is 0 Å². The molecule has 13 heteroatoms. The molecule has 0 aliphatic carbocycles. The number of hydrogen-bond donors (Lipinski definition) is 5. The van der Waals surface area contributed by atoms with Gasteiger partial charge in [0.05, 0.1) is 23.4 Å². The topological polar surface area (TPSA) is 150 Å². The molecular weight excluding hydrogens is 615 g/mol. The summed E-state index contributed by atoms with van der Waals surface area (Å²) >= 11 is 0. The molecule has 2 aliphatic heterocycles. The molecule has 2 aromatic carbocycles. The van der Waals surface area contributed by atoms with Crippen LogP contribution in [0.25, 0.3) is 10.9 Å². The van der Waals surface area contributed by atoms with Gasteiger partial charge in [0.15, 0.2) is 0 Å². The molecule has 3 aromatic rings. The molecular formula is C30H39Cl3N6O4. The Balaban J connectivity index is 0.00000215. The standard InChI is InChI=1S/C30H36N6O4.3ClH/c31-15-20-12-25(32-16-20)30(40)36-18-23(35-29(39)27(37)11-10-19-6-2-1-3-7-19)14-26(36)28(38)34-22-13-21-8-4-5-9-24(21)33-17-22;;;/h1-9,13,17,20,23,25-27,32,37H,10-12,14-16,18,31H2,(H,34,38)(H,35,39);3*1H/t20-,23+,25-,26-,27+;;;/m0.../s1. The van der Waals surface area contributed by atoms with E-state index in [1.807, 2.05) is 60.7 Å². The zero-order valence-corrected chi connectivity index (χ0v) is 26.0. The number of nitrogens with two attached hydrogens (primary N) is 1. The number of pyridine rings is 1. The fourth-order valence-corrected chi connectivity index (χ4v) is 5.55. The van der Waals surface area contributed by atoms with Crippen molar-refractivity contribution in [2.45, 2.75) is 49.9 Å². The lowest BCUT2D eigenvalue weighted by Gasteiger charge is -2.26. The number of fused-ring (bicyclic) bond motifs is 1. The van der Waals surface area contributed by atoms with Crippen molar-refractivity contribution in [2.75, 3.05) is 25.0 Å². The van der Waals surface area contributed by atoms with Crippen molar-refractivity contribution >= 4 is 71.5 Å². The van der Waals surface area contributed by atoms with E-state index in [-0.39, 0.29) is 74.3 Å². The normalized spacial score (nSPS) is 21.6. The van der Waals surface area contributed by atoms with Gasteiger partial charge in [-0.05, 0) is 62.4 Å². The number of aliphatic hydroxyl groups excluding tert-OH is 1. The summed E-state index contributed by atoms with van der Waals surface area (Å²) in [6.45, 7) is 1.30. The Morgan fingerprint density at radius 2 is 1.77 bits per heavy atom. The third kappa shape index (κ3) is 9.01. The van der Waals surface area contributed by atoms with Crippen molar-refractivity contribution < 1.29 is 19.5 Å². The monoisotopic (exact) mass is 652 g/mol. The molecule has 43 heavy (non-hydrogen) atoms. The van der Waals surface area contributed by atoms with E-state index < -0.39 is 30.1 Å². The summed E-state index contributed by atoms with van der Waals surface area (Å²) in [5.41, 5.74) is 8.19. The summed E-state index contributed by atoms with van der Waals surface area (Å²) in [5, 5.41) is 20.4. The number of carbonyl (C=O) groups excluding carboxylic acids is 3. The molecule has 10 nitrogen and oxygen atoms in total. The van der Waals surface area contributed by atoms with E-state index in [1.165, 1.54) is 0 Å². The molecule has 0 spiro atoms. The first-order valence-electron chi connectivity index (χ1n) is 13.8. The van der Waals surface area contributed by atoms with Gasteiger partial charge in [0.2, 0.25) is 17.7 Å². The number of likely N-dealkylation sites (tertiary alicyclic amines) is 1. The summed E-state index contributed by atoms with van der Waals surface area (Å²) in [4.78, 5) is 45.8. The molecule has 2 aliphatic rings. The van der Waals surface area contributed by atoms with Crippen LogP contribution in [-0.4, -0.2) is 76.6 Å². The van der Waals surface area contributed by atoms with E-state index in [9.17, 15) is 19.5 Å². The van der Waals surface area contributed by atoms with Crippen molar-refractivity contribution in [2.24, 2.45) is 11.7 Å². The minimum atomic E-state index is -1.19. The number of halogens is 3. The van der Waals surface area contributed by atoms with E-state index >= 15 is 0 Å². The molecule has 0 unspecified atom stereocenters. The third-order valence-corrected chi connectivity index (χ3v) is 7.80. The van der Waals surface area contributed by atoms with Gasteiger partial charge < -0.3 is 31.7 Å². The van der Waals surface area contributed by atoms with E-state index in [0.717, 1.165) is 16.5 Å². The van der Waals surface area contributed by atoms with Crippen LogP contribution in [0, 0.1) is 5.92 Å². The summed E-state index contributed by atoms with van der Waals surface area (Å²) in [5.74, 6) is -0.840. The van der Waals surface area contributed by atoms with Crippen molar-refractivity contribution in [3.8, 4) is 0 Å². The number of rotatable bonds is 9. The van der Waals surface area contributed by atoms with Gasteiger partial charge in [-0.3, -0.25) is 19.4 Å². The highest BCUT2D eigenvalue weighted by atomic mass is 35.5. The Morgan fingerprint density at radius 3 is 2.49 bits per heavy atom. The molecule has 0 radical (unpaired) electrons. The Bertz CT molecular complexity index is 1370. The lowest BCUT2D eigenvalue weighted by atomic mass is 10.0. The number of nitrogens with one attached hydrogen (secondary N) is 3. The van der Waals surface area contributed by atoms with E-state index in [0.29, 0.717) is 31.6 Å². The minimum Gasteiger partial charge on any atom is -0.383 e. The number of aromatic nitrogens is 1. The number of anilines is 1. The predicted octanol–water partition coefficient (Wildman–Crippen LogP) is 2.45. The highest BCUT2D eigenvalue weighted by Gasteiger charge is 2.43. The first-order chi connectivity index (χ1) is 19.4. The second-order valence-electron chi connectivity index (χ2n) is 10.7. The van der Waals surface area contributed by atoms with Gasteiger partial charge in [-0.25, -0.2) is 0 Å². The Labute approximate surface area is 269 Å². The SMILES string of the molecule is Cl.Cl.Cl.NC[C@H]1CN[C@H](C(=O)N2C[C@H](NC(=O)[C@H](O)CCc3ccccc3)C[C@H]2C(=O)Nc2cnc3ccccc3c2)C1. The molecule has 1 aromatic heterocycles. The lowest BCUT2D eigenvalue weighted by Crippen LogP contribution is -2.50. The quantitative estimate of drug-likeness (QED) is 0.238. The van der Waals surface area contributed by atoms with Crippen LogP contribution >= 0.6 is 37.2 Å². The molecule has 2 fully saturated rings. The molecule has 5 rings (SSSR count). The molecule has 3 heterocycles. The fraction of sp³-hybridized carbons (Fsp3) is 0.400. The van der Waals surface area contributed by atoms with Crippen molar-refractivity contribution in [1.29, 1.82) is 0 Å². The van der Waals surface area contributed by atoms with Crippen LogP contribution in [-0.2, 0) is 20.8 Å². The summed E-state index contributed by atoms with van der Waals surface area (Å²) in [6.07, 6.45) is 2.07. The number of para-hydroxylation sites is 1. The first kappa shape index (κ1) is 36.2. The van der Waals surface area contributed by atoms with Gasteiger partial charge in [0, 0.05) is 18.0 Å². The van der Waals surface area contributed by atoms with Gasteiger partial charge in [0.25, 0.3) is 0 Å². The zero-order chi connectivity index (χ0) is 28.1. The number of amides is 3. The molecule has 3 amide bonds. The maximum atomic E-state index is 13.5. The van der Waals surface area contributed by atoms with Crippen LogP contribution in [0.5, 0.6) is 0 Å². The third-order valence-electron chi connectivity index (χ3n) is 7.80. The molecule has 234 valence electrons. The van der Waals surface area contributed by atoms with Gasteiger partial charge in [-0.1, -0.05) is 48.5 Å². The second kappa shape index (κ2) is 16.7. The predicted molar refractivity (Wildman–Crippen MR) is 174 cm³/mol. The highest BCUT2D eigenvalue weighted by molar-refractivity contribution is 5.99. The Kier molecular flexibility index (Phi) is 14.1. The average Bonchev–Trinajstić information content (AvgIpc) is 3.64. The van der Waals surface area contributed by atoms with Gasteiger partial charge in [-0.2, -0.15) is 0 Å². The fourth-order valence-electron chi connectivity index (χ4n) is 5.55. The number of aliphatic hydroxyl groups is 1. The number of carbonyl (C=O) groups is 3. The van der Waals surface area contributed by atoms with Crippen LogP contribution in [0.4, 0.5) is 5.69 Å². The minimum absolute atomic E-state index is 0. The van der Waals surface area contributed by atoms with Crippen molar-refractivity contribution in [3.05, 3.63) is 72.4 Å². The number of aryl methyl sites for hydroxylation is 1. The van der Waals surface area contributed by atoms with Gasteiger partial charge in [0.1, 0.15) is 12.1 Å². The smallest absolute Gasteiger partial charge is 0.249 e. The van der Waals surface area contributed by atoms with Gasteiger partial charge >= 0.3 is 0 Å². The molecule has 5 atom stereocenters. The van der Waals surface area contributed by atoms with E-state index in [1.54, 1.807) is 11.1 Å². The maximum absolute atomic E-state index is 13.5. The number of benzene rings is 2. The molecule has 0 bridgehead atoms. The summed E-state index contributed by atoms with van der Waals surface area (Å²) in [7, 11) is 0. The second-order valence-corrected chi connectivity index (χ2v) is 10.7. The highest BCUT2D eigenvalue weighted by Crippen LogP contribution is 2.25. The number of nitrogens with zero attached hydrogens (tertiary/aromatic N) is 2. The Morgan fingerprint density at radius 1 is 1.05 bits per heavy atom. The van der Waals surface area contributed by atoms with Crippen LogP contribution in [0.3, 0.4) is 0 Å². The molecule has 2 saturated heterocycles. The lowest BCUT2D eigenvalue weighted by molar-refractivity contribution is -0.138. The number of hydrogen-bond acceptors (Lipinski definition) is 7.